The summed E-state index contributed by atoms with van der Waals surface area (Å²) in [5.41, 5.74) is 0.735. The van der Waals surface area contributed by atoms with E-state index in [4.69, 9.17) is 14.2 Å². The molecule has 1 fully saturated rings. The summed E-state index contributed by atoms with van der Waals surface area (Å²) in [6, 6.07) is 3.91. The van der Waals surface area contributed by atoms with Crippen LogP contribution in [0.15, 0.2) is 16.6 Å². The zero-order valence-corrected chi connectivity index (χ0v) is 12.5. The summed E-state index contributed by atoms with van der Waals surface area (Å²) in [6.07, 6.45) is 0. The van der Waals surface area contributed by atoms with Gasteiger partial charge in [-0.25, -0.2) is 0 Å². The molecule has 5 heteroatoms. The minimum atomic E-state index is -0.298. The molecule has 4 nitrogen and oxygen atoms in total. The van der Waals surface area contributed by atoms with Gasteiger partial charge in [0.15, 0.2) is 0 Å². The van der Waals surface area contributed by atoms with Gasteiger partial charge in [-0.15, -0.1) is 0 Å². The number of halogens is 1. The van der Waals surface area contributed by atoms with Crippen molar-refractivity contribution in [1.82, 2.24) is 5.32 Å². The first-order chi connectivity index (χ1) is 8.66. The Bertz CT molecular complexity index is 432. The van der Waals surface area contributed by atoms with E-state index in [-0.39, 0.29) is 5.60 Å². The lowest BCUT2D eigenvalue weighted by atomic mass is 9.87. The van der Waals surface area contributed by atoms with Gasteiger partial charge in [0, 0.05) is 25.3 Å². The van der Waals surface area contributed by atoms with Crippen LogP contribution >= 0.6 is 15.9 Å². The fourth-order valence-corrected chi connectivity index (χ4v) is 2.70. The van der Waals surface area contributed by atoms with E-state index in [1.165, 1.54) is 0 Å². The van der Waals surface area contributed by atoms with E-state index in [1.54, 1.807) is 14.2 Å². The molecule has 1 aromatic rings. The number of hydrogen-bond acceptors (Lipinski definition) is 4. The van der Waals surface area contributed by atoms with Crippen LogP contribution in [0.25, 0.3) is 0 Å². The predicted octanol–water partition coefficient (Wildman–Crippen LogP) is 2.30. The molecular weight excluding hydrogens is 298 g/mol. The van der Waals surface area contributed by atoms with Gasteiger partial charge < -0.3 is 19.5 Å². The summed E-state index contributed by atoms with van der Waals surface area (Å²) >= 11 is 3.47. The second-order valence-electron chi connectivity index (χ2n) is 4.22. The van der Waals surface area contributed by atoms with E-state index in [0.29, 0.717) is 6.61 Å². The standard InChI is InChI=1S/C13H18BrNO3/c1-4-18-13(7-15-8-13)9-5-12(17-3)10(14)6-11(9)16-2/h5-6,15H,4,7-8H2,1-3H3. The monoisotopic (exact) mass is 315 g/mol. The number of rotatable bonds is 5. The largest absolute Gasteiger partial charge is 0.496 e. The highest BCUT2D eigenvalue weighted by Gasteiger charge is 2.42. The van der Waals surface area contributed by atoms with Crippen LogP contribution in [0.4, 0.5) is 0 Å². The molecule has 1 heterocycles. The predicted molar refractivity (Wildman–Crippen MR) is 73.4 cm³/mol. The molecule has 0 aliphatic carbocycles. The van der Waals surface area contributed by atoms with Gasteiger partial charge >= 0.3 is 0 Å². The van der Waals surface area contributed by atoms with Gasteiger partial charge in [-0.1, -0.05) is 0 Å². The maximum atomic E-state index is 5.92. The maximum absolute atomic E-state index is 5.92. The Kier molecular flexibility index (Phi) is 4.14. The second-order valence-corrected chi connectivity index (χ2v) is 5.07. The van der Waals surface area contributed by atoms with Gasteiger partial charge in [0.1, 0.15) is 17.1 Å². The Hall–Kier alpha value is -0.780. The van der Waals surface area contributed by atoms with E-state index >= 15 is 0 Å². The molecular formula is C13H18BrNO3. The zero-order valence-electron chi connectivity index (χ0n) is 10.9. The first-order valence-corrected chi connectivity index (χ1v) is 6.73. The SMILES string of the molecule is CCOC1(c2cc(OC)c(Br)cc2OC)CNC1. The van der Waals surface area contributed by atoms with Crippen LogP contribution in [0, 0.1) is 0 Å². The molecule has 1 aliphatic heterocycles. The summed E-state index contributed by atoms with van der Waals surface area (Å²) in [4.78, 5) is 0. The molecule has 1 saturated heterocycles. The minimum Gasteiger partial charge on any atom is -0.496 e. The fraction of sp³-hybridized carbons (Fsp3) is 0.538. The van der Waals surface area contributed by atoms with Crippen molar-refractivity contribution in [2.75, 3.05) is 33.9 Å². The number of nitrogens with one attached hydrogen (secondary N) is 1. The molecule has 1 aliphatic rings. The van der Waals surface area contributed by atoms with E-state index in [9.17, 15) is 0 Å². The third-order valence-electron chi connectivity index (χ3n) is 3.21. The van der Waals surface area contributed by atoms with Crippen molar-refractivity contribution >= 4 is 15.9 Å². The molecule has 0 aromatic heterocycles. The van der Waals surface area contributed by atoms with Crippen molar-refractivity contribution in [3.8, 4) is 11.5 Å². The van der Waals surface area contributed by atoms with Gasteiger partial charge in [-0.3, -0.25) is 0 Å². The van der Waals surface area contributed by atoms with Crippen LogP contribution in [0.1, 0.15) is 12.5 Å². The minimum absolute atomic E-state index is 0.298. The number of hydrogen-bond donors (Lipinski definition) is 1. The van der Waals surface area contributed by atoms with Crippen molar-refractivity contribution in [3.05, 3.63) is 22.2 Å². The van der Waals surface area contributed by atoms with E-state index in [1.807, 2.05) is 19.1 Å². The van der Waals surface area contributed by atoms with Gasteiger partial charge in [0.05, 0.1) is 18.7 Å². The van der Waals surface area contributed by atoms with Gasteiger partial charge in [-0.2, -0.15) is 0 Å². The molecule has 0 saturated carbocycles. The van der Waals surface area contributed by atoms with Crippen LogP contribution in [0.2, 0.25) is 0 Å². The Labute approximate surface area is 116 Å². The molecule has 0 radical (unpaired) electrons. The molecule has 1 N–H and O–H groups in total. The first-order valence-electron chi connectivity index (χ1n) is 5.93. The molecule has 1 aromatic carbocycles. The summed E-state index contributed by atoms with van der Waals surface area (Å²) in [5.74, 6) is 1.61. The number of methoxy groups -OCH3 is 2. The van der Waals surface area contributed by atoms with Crippen LogP contribution in [0.3, 0.4) is 0 Å². The number of benzene rings is 1. The van der Waals surface area contributed by atoms with E-state index in [2.05, 4.69) is 21.2 Å². The molecule has 100 valence electrons. The van der Waals surface area contributed by atoms with Crippen LogP contribution in [-0.4, -0.2) is 33.9 Å². The topological polar surface area (TPSA) is 39.7 Å². The van der Waals surface area contributed by atoms with Crippen LogP contribution in [0.5, 0.6) is 11.5 Å². The highest BCUT2D eigenvalue weighted by Crippen LogP contribution is 2.41. The smallest absolute Gasteiger partial charge is 0.133 e. The molecule has 0 unspecified atom stereocenters. The normalized spacial score (nSPS) is 17.1. The maximum Gasteiger partial charge on any atom is 0.133 e. The zero-order chi connectivity index (χ0) is 13.2. The Morgan fingerprint density at radius 3 is 2.33 bits per heavy atom. The van der Waals surface area contributed by atoms with Gasteiger partial charge in [-0.05, 0) is 35.0 Å². The van der Waals surface area contributed by atoms with Crippen molar-refractivity contribution in [2.45, 2.75) is 12.5 Å². The lowest BCUT2D eigenvalue weighted by molar-refractivity contribution is -0.0826. The van der Waals surface area contributed by atoms with Crippen molar-refractivity contribution in [1.29, 1.82) is 0 Å². The third kappa shape index (κ3) is 2.22. The first kappa shape index (κ1) is 13.6. The molecule has 0 atom stereocenters. The molecule has 0 bridgehead atoms. The van der Waals surface area contributed by atoms with Gasteiger partial charge in [0.25, 0.3) is 0 Å². The summed E-state index contributed by atoms with van der Waals surface area (Å²) < 4.78 is 17.6. The molecule has 18 heavy (non-hydrogen) atoms. The van der Waals surface area contributed by atoms with Crippen molar-refractivity contribution < 1.29 is 14.2 Å². The Balaban J connectivity index is 2.47. The fourth-order valence-electron chi connectivity index (χ4n) is 2.22. The second kappa shape index (κ2) is 5.47. The van der Waals surface area contributed by atoms with Crippen LogP contribution < -0.4 is 14.8 Å². The van der Waals surface area contributed by atoms with Gasteiger partial charge in [0.2, 0.25) is 0 Å². The Morgan fingerprint density at radius 2 is 1.89 bits per heavy atom. The van der Waals surface area contributed by atoms with E-state index < -0.39 is 0 Å². The molecule has 0 spiro atoms. The van der Waals surface area contributed by atoms with Crippen molar-refractivity contribution in [3.63, 3.8) is 0 Å². The quantitative estimate of drug-likeness (QED) is 0.905. The summed E-state index contributed by atoms with van der Waals surface area (Å²) in [7, 11) is 3.33. The lowest BCUT2D eigenvalue weighted by Crippen LogP contribution is -2.58. The lowest BCUT2D eigenvalue weighted by Gasteiger charge is -2.43. The summed E-state index contributed by atoms with van der Waals surface area (Å²) in [5, 5.41) is 3.26. The highest BCUT2D eigenvalue weighted by atomic mass is 79.9. The third-order valence-corrected chi connectivity index (χ3v) is 3.83. The van der Waals surface area contributed by atoms with Crippen LogP contribution in [-0.2, 0) is 10.3 Å². The van der Waals surface area contributed by atoms with Crippen molar-refractivity contribution in [2.24, 2.45) is 0 Å². The molecule has 0 amide bonds. The number of ether oxygens (including phenoxy) is 3. The average Bonchev–Trinajstić information content (AvgIpc) is 2.33. The molecule has 2 rings (SSSR count). The highest BCUT2D eigenvalue weighted by molar-refractivity contribution is 9.10. The summed E-state index contributed by atoms with van der Waals surface area (Å²) in [6.45, 7) is 4.26. The average molecular weight is 316 g/mol. The van der Waals surface area contributed by atoms with E-state index in [0.717, 1.165) is 34.6 Å². The Morgan fingerprint density at radius 1 is 1.22 bits per heavy atom.